The third-order valence-electron chi connectivity index (χ3n) is 4.25. The van der Waals surface area contributed by atoms with Crippen molar-refractivity contribution in [1.29, 1.82) is 0 Å². The minimum absolute atomic E-state index is 0.0716. The molecule has 4 rings (SSSR count). The molecule has 3 aromatic heterocycles. The fourth-order valence-corrected chi connectivity index (χ4v) is 3.76. The second-order valence-corrected chi connectivity index (χ2v) is 7.21. The first-order valence-corrected chi connectivity index (χ1v) is 9.23. The van der Waals surface area contributed by atoms with Gasteiger partial charge in [-0.3, -0.25) is 9.20 Å². The molecular formula is C19H18N4O2S. The zero-order valence-electron chi connectivity index (χ0n) is 14.7. The largest absolute Gasteiger partial charge is 0.463 e. The zero-order valence-corrected chi connectivity index (χ0v) is 15.6. The number of amides is 1. The van der Waals surface area contributed by atoms with Crippen molar-refractivity contribution in [2.24, 2.45) is 0 Å². The van der Waals surface area contributed by atoms with Crippen molar-refractivity contribution in [2.45, 2.75) is 25.8 Å². The number of furan rings is 1. The third-order valence-corrected chi connectivity index (χ3v) is 5.22. The van der Waals surface area contributed by atoms with E-state index in [1.165, 1.54) is 17.3 Å². The maximum atomic E-state index is 12.3. The lowest BCUT2D eigenvalue weighted by Crippen LogP contribution is -2.15. The van der Waals surface area contributed by atoms with E-state index in [9.17, 15) is 4.79 Å². The summed E-state index contributed by atoms with van der Waals surface area (Å²) < 4.78 is 7.47. The summed E-state index contributed by atoms with van der Waals surface area (Å²) in [6.07, 6.45) is 1.65. The van der Waals surface area contributed by atoms with Gasteiger partial charge in [0.2, 0.25) is 5.91 Å². The number of rotatable bonds is 4. The highest BCUT2D eigenvalue weighted by molar-refractivity contribution is 8.00. The van der Waals surface area contributed by atoms with Gasteiger partial charge in [-0.2, -0.15) is 0 Å². The number of aromatic nitrogens is 3. The van der Waals surface area contributed by atoms with Gasteiger partial charge >= 0.3 is 0 Å². The molecule has 0 saturated heterocycles. The molecule has 0 radical (unpaired) electrons. The molecule has 0 bridgehead atoms. The van der Waals surface area contributed by atoms with Crippen LogP contribution in [-0.2, 0) is 4.79 Å². The SMILES string of the molecule is Cc1ccc(NC(=O)CSc2nnc(C)n3c2cc2occc23)c(C)c1. The summed E-state index contributed by atoms with van der Waals surface area (Å²) in [6.45, 7) is 5.91. The number of carbonyl (C=O) groups excluding carboxylic acids is 1. The van der Waals surface area contributed by atoms with E-state index in [-0.39, 0.29) is 11.7 Å². The molecule has 6 nitrogen and oxygen atoms in total. The van der Waals surface area contributed by atoms with Crippen LogP contribution in [0.5, 0.6) is 0 Å². The van der Waals surface area contributed by atoms with Crippen LogP contribution in [0.4, 0.5) is 5.69 Å². The summed E-state index contributed by atoms with van der Waals surface area (Å²) in [4.78, 5) is 12.3. The topological polar surface area (TPSA) is 72.4 Å². The zero-order chi connectivity index (χ0) is 18.3. The summed E-state index contributed by atoms with van der Waals surface area (Å²) in [5.41, 5.74) is 5.69. The molecule has 1 amide bonds. The van der Waals surface area contributed by atoms with Crippen LogP contribution < -0.4 is 5.32 Å². The van der Waals surface area contributed by atoms with Gasteiger partial charge in [0.1, 0.15) is 10.9 Å². The Kier molecular flexibility index (Phi) is 4.16. The summed E-state index contributed by atoms with van der Waals surface area (Å²) in [5, 5.41) is 12.1. The van der Waals surface area contributed by atoms with Crippen molar-refractivity contribution in [3.63, 3.8) is 0 Å². The average Bonchev–Trinajstić information content (AvgIpc) is 3.18. The molecule has 3 heterocycles. The first kappa shape index (κ1) is 16.7. The Labute approximate surface area is 154 Å². The molecule has 1 N–H and O–H groups in total. The molecule has 4 aromatic rings. The molecule has 0 atom stereocenters. The van der Waals surface area contributed by atoms with Gasteiger partial charge in [0, 0.05) is 17.8 Å². The number of aryl methyl sites for hydroxylation is 3. The maximum Gasteiger partial charge on any atom is 0.234 e. The van der Waals surface area contributed by atoms with Crippen LogP contribution in [0, 0.1) is 20.8 Å². The van der Waals surface area contributed by atoms with Crippen LogP contribution in [0.3, 0.4) is 0 Å². The van der Waals surface area contributed by atoms with Crippen molar-refractivity contribution in [1.82, 2.24) is 14.6 Å². The molecular weight excluding hydrogens is 348 g/mol. The first-order valence-electron chi connectivity index (χ1n) is 8.25. The quantitative estimate of drug-likeness (QED) is 0.550. The van der Waals surface area contributed by atoms with Crippen molar-refractivity contribution in [3.05, 3.63) is 53.5 Å². The van der Waals surface area contributed by atoms with Crippen molar-refractivity contribution < 1.29 is 9.21 Å². The standard InChI is InChI=1S/C19H18N4O2S/c1-11-4-5-14(12(2)8-11)20-18(24)10-26-19-16-9-17-15(6-7-25-17)23(16)13(3)21-22-19/h4-9H,10H2,1-3H3,(H,20,24). The summed E-state index contributed by atoms with van der Waals surface area (Å²) in [6, 6.07) is 9.80. The highest BCUT2D eigenvalue weighted by Crippen LogP contribution is 2.28. The number of hydrogen-bond acceptors (Lipinski definition) is 5. The van der Waals surface area contributed by atoms with E-state index in [0.29, 0.717) is 5.03 Å². The highest BCUT2D eigenvalue weighted by Gasteiger charge is 2.15. The van der Waals surface area contributed by atoms with E-state index < -0.39 is 0 Å². The van der Waals surface area contributed by atoms with Gasteiger partial charge in [0.25, 0.3) is 0 Å². The van der Waals surface area contributed by atoms with Crippen LogP contribution in [-0.4, -0.2) is 26.3 Å². The van der Waals surface area contributed by atoms with E-state index in [0.717, 1.165) is 33.7 Å². The van der Waals surface area contributed by atoms with E-state index in [4.69, 9.17) is 4.42 Å². The maximum absolute atomic E-state index is 12.3. The Morgan fingerprint density at radius 2 is 2.00 bits per heavy atom. The number of fused-ring (bicyclic) bond motifs is 3. The van der Waals surface area contributed by atoms with Gasteiger partial charge in [-0.25, -0.2) is 0 Å². The van der Waals surface area contributed by atoms with Crippen LogP contribution >= 0.6 is 11.8 Å². The first-order chi connectivity index (χ1) is 12.5. The summed E-state index contributed by atoms with van der Waals surface area (Å²) in [7, 11) is 0. The Bertz CT molecular complexity index is 1130. The predicted molar refractivity (Wildman–Crippen MR) is 103 cm³/mol. The lowest BCUT2D eigenvalue weighted by molar-refractivity contribution is -0.113. The second-order valence-electron chi connectivity index (χ2n) is 6.24. The average molecular weight is 366 g/mol. The molecule has 1 aromatic carbocycles. The molecule has 26 heavy (non-hydrogen) atoms. The Hall–Kier alpha value is -2.80. The number of nitrogens with one attached hydrogen (secondary N) is 1. The lowest BCUT2D eigenvalue weighted by atomic mass is 10.1. The Morgan fingerprint density at radius 1 is 1.15 bits per heavy atom. The number of nitrogens with zero attached hydrogens (tertiary/aromatic N) is 3. The molecule has 0 aliphatic heterocycles. The summed E-state index contributed by atoms with van der Waals surface area (Å²) in [5.74, 6) is 0.964. The fraction of sp³-hybridized carbons (Fsp3) is 0.211. The normalized spacial score (nSPS) is 11.3. The van der Waals surface area contributed by atoms with Gasteiger partial charge in [0.05, 0.1) is 23.0 Å². The van der Waals surface area contributed by atoms with Gasteiger partial charge in [-0.15, -0.1) is 10.2 Å². The van der Waals surface area contributed by atoms with Crippen LogP contribution in [0.25, 0.3) is 16.6 Å². The predicted octanol–water partition coefficient (Wildman–Crippen LogP) is 4.13. The minimum atomic E-state index is -0.0716. The Morgan fingerprint density at radius 3 is 2.81 bits per heavy atom. The van der Waals surface area contributed by atoms with E-state index in [1.54, 1.807) is 6.26 Å². The fourth-order valence-electron chi connectivity index (χ4n) is 3.02. The van der Waals surface area contributed by atoms with Gasteiger partial charge in [-0.05, 0) is 32.4 Å². The summed E-state index contributed by atoms with van der Waals surface area (Å²) >= 11 is 1.37. The highest BCUT2D eigenvalue weighted by atomic mass is 32.2. The van der Waals surface area contributed by atoms with Crippen molar-refractivity contribution in [3.8, 4) is 0 Å². The van der Waals surface area contributed by atoms with E-state index in [2.05, 4.69) is 15.5 Å². The number of hydrogen-bond donors (Lipinski definition) is 1. The van der Waals surface area contributed by atoms with Crippen molar-refractivity contribution in [2.75, 3.05) is 11.1 Å². The van der Waals surface area contributed by atoms with Gasteiger partial charge < -0.3 is 9.73 Å². The molecule has 7 heteroatoms. The monoisotopic (exact) mass is 366 g/mol. The number of anilines is 1. The molecule has 0 fully saturated rings. The third kappa shape index (κ3) is 2.94. The number of carbonyl (C=O) groups is 1. The second kappa shape index (κ2) is 6.49. The number of benzene rings is 1. The molecule has 0 saturated carbocycles. The Balaban J connectivity index is 1.54. The number of thioether (sulfide) groups is 1. The molecule has 0 unspecified atom stereocenters. The van der Waals surface area contributed by atoms with Crippen LogP contribution in [0.1, 0.15) is 17.0 Å². The molecule has 0 spiro atoms. The van der Waals surface area contributed by atoms with E-state index in [1.807, 2.05) is 55.5 Å². The smallest absolute Gasteiger partial charge is 0.234 e. The molecule has 0 aliphatic rings. The van der Waals surface area contributed by atoms with Crippen LogP contribution in [0.15, 0.2) is 46.0 Å². The molecule has 132 valence electrons. The lowest BCUT2D eigenvalue weighted by Gasteiger charge is -2.09. The minimum Gasteiger partial charge on any atom is -0.463 e. The van der Waals surface area contributed by atoms with Gasteiger partial charge in [0.15, 0.2) is 5.58 Å². The van der Waals surface area contributed by atoms with Crippen molar-refractivity contribution >= 4 is 40.0 Å². The molecule has 0 aliphatic carbocycles. The van der Waals surface area contributed by atoms with E-state index >= 15 is 0 Å². The van der Waals surface area contributed by atoms with Crippen LogP contribution in [0.2, 0.25) is 0 Å². The van der Waals surface area contributed by atoms with Gasteiger partial charge in [-0.1, -0.05) is 29.5 Å².